The van der Waals surface area contributed by atoms with Crippen LogP contribution >= 0.6 is 27.5 Å². The zero-order valence-corrected chi connectivity index (χ0v) is 19.0. The minimum absolute atomic E-state index is 0.0240. The summed E-state index contributed by atoms with van der Waals surface area (Å²) in [7, 11) is 0. The van der Waals surface area contributed by atoms with E-state index in [1.54, 1.807) is 12.1 Å². The third-order valence-electron chi connectivity index (χ3n) is 5.32. The first-order chi connectivity index (χ1) is 14.6. The molecule has 2 aliphatic heterocycles. The summed E-state index contributed by atoms with van der Waals surface area (Å²) in [4.78, 5) is 18.4. The van der Waals surface area contributed by atoms with Crippen molar-refractivity contribution in [3.63, 3.8) is 0 Å². The molecule has 4 rings (SSSR count). The molecule has 2 saturated heterocycles. The van der Waals surface area contributed by atoms with E-state index in [2.05, 4.69) is 46.2 Å². The molecule has 0 unspecified atom stereocenters. The molecule has 3 heterocycles. The molecule has 0 saturated carbocycles. The molecule has 2 aromatic rings. The van der Waals surface area contributed by atoms with Crippen molar-refractivity contribution in [2.45, 2.75) is 38.5 Å². The van der Waals surface area contributed by atoms with Gasteiger partial charge in [-0.05, 0) is 50.7 Å². The van der Waals surface area contributed by atoms with Gasteiger partial charge in [0.2, 0.25) is 17.8 Å². The van der Waals surface area contributed by atoms with E-state index in [1.807, 2.05) is 0 Å². The molecule has 0 aliphatic carbocycles. The van der Waals surface area contributed by atoms with Gasteiger partial charge in [-0.1, -0.05) is 27.5 Å². The maximum atomic E-state index is 10.1. The molecule has 10 heteroatoms. The fourth-order valence-corrected chi connectivity index (χ4v) is 4.55. The highest BCUT2D eigenvalue weighted by atomic mass is 79.9. The molecule has 0 amide bonds. The summed E-state index contributed by atoms with van der Waals surface area (Å²) in [5.41, 5.74) is 3.39. The number of aromatic nitrogens is 3. The van der Waals surface area contributed by atoms with Gasteiger partial charge in [0.25, 0.3) is 0 Å². The molecule has 2 aliphatic rings. The fraction of sp³-hybridized carbons (Fsp3) is 0.500. The van der Waals surface area contributed by atoms with Crippen LogP contribution in [-0.4, -0.2) is 52.5 Å². The highest BCUT2D eigenvalue weighted by Crippen LogP contribution is 2.30. The Morgan fingerprint density at radius 1 is 0.933 bits per heavy atom. The van der Waals surface area contributed by atoms with Gasteiger partial charge in [0.05, 0.1) is 11.2 Å². The molecule has 0 bridgehead atoms. The number of hydrazone groups is 1. The van der Waals surface area contributed by atoms with E-state index in [4.69, 9.17) is 16.6 Å². The van der Waals surface area contributed by atoms with Crippen molar-refractivity contribution in [3.05, 3.63) is 27.2 Å². The summed E-state index contributed by atoms with van der Waals surface area (Å²) < 4.78 is 0.756. The number of hydrogen-bond acceptors (Lipinski definition) is 8. The third-order valence-corrected chi connectivity index (χ3v) is 6.06. The molecule has 0 spiro atoms. The SMILES string of the molecule is Oc1c(Cl)cc(Br)cc1C=NNc1nc(N2CCCCC2)nc(N2CCCCC2)n1. The van der Waals surface area contributed by atoms with Gasteiger partial charge in [-0.2, -0.15) is 20.1 Å². The molecule has 0 atom stereocenters. The van der Waals surface area contributed by atoms with Crippen LogP contribution in [0, 0.1) is 0 Å². The molecule has 1 aromatic heterocycles. The minimum Gasteiger partial charge on any atom is -0.506 e. The second kappa shape index (κ2) is 9.78. The number of benzene rings is 1. The highest BCUT2D eigenvalue weighted by Gasteiger charge is 2.20. The topological polar surface area (TPSA) is 89.8 Å². The van der Waals surface area contributed by atoms with Gasteiger partial charge in [-0.25, -0.2) is 5.43 Å². The first-order valence-corrected chi connectivity index (χ1v) is 11.5. The summed E-state index contributed by atoms with van der Waals surface area (Å²) in [6.07, 6.45) is 8.58. The monoisotopic (exact) mass is 493 g/mol. The number of rotatable bonds is 5. The normalized spacial score (nSPS) is 17.5. The molecule has 160 valence electrons. The average molecular weight is 495 g/mol. The van der Waals surface area contributed by atoms with Gasteiger partial charge in [-0.15, -0.1) is 0 Å². The van der Waals surface area contributed by atoms with E-state index in [0.29, 0.717) is 23.4 Å². The summed E-state index contributed by atoms with van der Waals surface area (Å²) in [6, 6.07) is 3.36. The predicted octanol–water partition coefficient (Wildman–Crippen LogP) is 4.42. The zero-order valence-electron chi connectivity index (χ0n) is 16.7. The van der Waals surface area contributed by atoms with Gasteiger partial charge in [-0.3, -0.25) is 0 Å². The minimum atomic E-state index is -0.0240. The lowest BCUT2D eigenvalue weighted by Crippen LogP contribution is -2.34. The smallest absolute Gasteiger partial charge is 0.250 e. The predicted molar refractivity (Wildman–Crippen MR) is 124 cm³/mol. The van der Waals surface area contributed by atoms with Gasteiger partial charge in [0, 0.05) is 36.2 Å². The maximum Gasteiger partial charge on any atom is 0.250 e. The number of aromatic hydroxyl groups is 1. The number of anilines is 3. The van der Waals surface area contributed by atoms with Crippen molar-refractivity contribution in [2.24, 2.45) is 5.10 Å². The Kier molecular flexibility index (Phi) is 6.89. The summed E-state index contributed by atoms with van der Waals surface area (Å²) >= 11 is 9.39. The van der Waals surface area contributed by atoms with E-state index in [0.717, 1.165) is 56.3 Å². The molecule has 1 aromatic carbocycles. The number of nitrogens with zero attached hydrogens (tertiary/aromatic N) is 6. The maximum absolute atomic E-state index is 10.1. The molecule has 30 heavy (non-hydrogen) atoms. The van der Waals surface area contributed by atoms with Crippen molar-refractivity contribution >= 4 is 51.6 Å². The molecule has 2 N–H and O–H groups in total. The Bertz CT molecular complexity index is 878. The van der Waals surface area contributed by atoms with Crippen molar-refractivity contribution in [1.29, 1.82) is 0 Å². The van der Waals surface area contributed by atoms with Crippen LogP contribution in [0.15, 0.2) is 21.7 Å². The lowest BCUT2D eigenvalue weighted by molar-refractivity contribution is 0.474. The zero-order chi connectivity index (χ0) is 20.9. The van der Waals surface area contributed by atoms with E-state index < -0.39 is 0 Å². The van der Waals surface area contributed by atoms with Gasteiger partial charge >= 0.3 is 0 Å². The molecular formula is C20H25BrClN7O. The summed E-state index contributed by atoms with van der Waals surface area (Å²) in [5.74, 6) is 1.75. The van der Waals surface area contributed by atoms with Crippen molar-refractivity contribution in [3.8, 4) is 5.75 Å². The van der Waals surface area contributed by atoms with Crippen molar-refractivity contribution < 1.29 is 5.11 Å². The van der Waals surface area contributed by atoms with Gasteiger partial charge in [0.15, 0.2) is 0 Å². The number of halogens is 2. The lowest BCUT2D eigenvalue weighted by Gasteiger charge is -2.30. The average Bonchev–Trinajstić information content (AvgIpc) is 2.78. The van der Waals surface area contributed by atoms with Crippen LogP contribution in [-0.2, 0) is 0 Å². The third kappa shape index (κ3) is 5.13. The largest absolute Gasteiger partial charge is 0.506 e. The Balaban J connectivity index is 1.58. The Morgan fingerprint density at radius 2 is 1.50 bits per heavy atom. The quantitative estimate of drug-likeness (QED) is 0.470. The number of nitrogens with one attached hydrogen (secondary N) is 1. The fourth-order valence-electron chi connectivity index (χ4n) is 3.72. The van der Waals surface area contributed by atoms with Crippen LogP contribution in [0.1, 0.15) is 44.1 Å². The van der Waals surface area contributed by atoms with E-state index in [1.165, 1.54) is 19.1 Å². The Morgan fingerprint density at radius 3 is 2.07 bits per heavy atom. The van der Waals surface area contributed by atoms with Crippen LogP contribution in [0.4, 0.5) is 17.8 Å². The Labute approximate surface area is 189 Å². The second-order valence-electron chi connectivity index (χ2n) is 7.55. The van der Waals surface area contributed by atoms with Crippen molar-refractivity contribution in [2.75, 3.05) is 41.4 Å². The van der Waals surface area contributed by atoms with E-state index in [-0.39, 0.29) is 10.8 Å². The Hall–Kier alpha value is -2.13. The number of phenols is 1. The summed E-state index contributed by atoms with van der Waals surface area (Å²) in [5, 5.41) is 14.6. The van der Waals surface area contributed by atoms with E-state index in [9.17, 15) is 5.11 Å². The number of phenolic OH excluding ortho intramolecular Hbond substituents is 1. The number of piperidine rings is 2. The first kappa shape index (κ1) is 21.1. The molecular weight excluding hydrogens is 470 g/mol. The van der Waals surface area contributed by atoms with Crippen molar-refractivity contribution in [1.82, 2.24) is 15.0 Å². The standard InChI is InChI=1S/C20H25BrClN7O/c21-15-11-14(17(30)16(22)12-15)13-23-27-18-24-19(28-7-3-1-4-8-28)26-20(25-18)29-9-5-2-6-10-29/h11-13,30H,1-10H2,(H,24,25,26,27). The van der Waals surface area contributed by atoms with Crippen LogP contribution in [0.3, 0.4) is 0 Å². The van der Waals surface area contributed by atoms with Crippen LogP contribution < -0.4 is 15.2 Å². The molecule has 8 nitrogen and oxygen atoms in total. The lowest BCUT2D eigenvalue weighted by atomic mass is 10.1. The first-order valence-electron chi connectivity index (χ1n) is 10.3. The van der Waals surface area contributed by atoms with Gasteiger partial charge < -0.3 is 14.9 Å². The molecule has 0 radical (unpaired) electrons. The van der Waals surface area contributed by atoms with Crippen LogP contribution in [0.2, 0.25) is 5.02 Å². The molecule has 2 fully saturated rings. The number of hydrogen-bond donors (Lipinski definition) is 2. The van der Waals surface area contributed by atoms with Gasteiger partial charge in [0.1, 0.15) is 5.75 Å². The van der Waals surface area contributed by atoms with Crippen LogP contribution in [0.25, 0.3) is 0 Å². The highest BCUT2D eigenvalue weighted by molar-refractivity contribution is 9.10. The second-order valence-corrected chi connectivity index (χ2v) is 8.87. The summed E-state index contributed by atoms with van der Waals surface area (Å²) in [6.45, 7) is 3.82. The van der Waals surface area contributed by atoms with E-state index >= 15 is 0 Å². The van der Waals surface area contributed by atoms with Crippen LogP contribution in [0.5, 0.6) is 5.75 Å².